The molecule has 1 aliphatic rings. The number of aromatic nitrogens is 1. The number of ether oxygens (including phenoxy) is 1. The van der Waals surface area contributed by atoms with Gasteiger partial charge in [0.1, 0.15) is 5.60 Å². The molecule has 1 aliphatic carbocycles. The van der Waals surface area contributed by atoms with Gasteiger partial charge in [-0.25, -0.2) is 9.18 Å². The van der Waals surface area contributed by atoms with Crippen molar-refractivity contribution in [2.24, 2.45) is 5.92 Å². The van der Waals surface area contributed by atoms with Crippen LogP contribution >= 0.6 is 11.6 Å². The van der Waals surface area contributed by atoms with Gasteiger partial charge in [0.25, 0.3) is 0 Å². The Hall–Kier alpha value is -2.67. The van der Waals surface area contributed by atoms with E-state index in [2.05, 4.69) is 10.3 Å². The first-order valence-corrected chi connectivity index (χ1v) is 10.1. The molecular formula is C22H24ClFN2O4. The predicted molar refractivity (Wildman–Crippen MR) is 112 cm³/mol. The third-order valence-corrected chi connectivity index (χ3v) is 5.02. The second-order valence-electron chi connectivity index (χ2n) is 8.45. The van der Waals surface area contributed by atoms with Gasteiger partial charge in [0.15, 0.2) is 5.82 Å². The zero-order valence-corrected chi connectivity index (χ0v) is 17.8. The Balaban J connectivity index is 1.91. The highest BCUT2D eigenvalue weighted by atomic mass is 35.5. The monoisotopic (exact) mass is 434 g/mol. The fourth-order valence-corrected chi connectivity index (χ4v) is 3.30. The number of carboxylic acids is 1. The van der Waals surface area contributed by atoms with E-state index in [0.29, 0.717) is 23.6 Å². The maximum absolute atomic E-state index is 14.9. The summed E-state index contributed by atoms with van der Waals surface area (Å²) >= 11 is 5.95. The topological polar surface area (TPSA) is 88.5 Å². The molecule has 3 rings (SSSR count). The van der Waals surface area contributed by atoms with E-state index >= 15 is 0 Å². The quantitative estimate of drug-likeness (QED) is 0.594. The minimum Gasteiger partial charge on any atom is -0.481 e. The first kappa shape index (κ1) is 22.0. The van der Waals surface area contributed by atoms with E-state index in [4.69, 9.17) is 16.3 Å². The lowest BCUT2D eigenvalue weighted by atomic mass is 9.96. The number of hydrogen-bond acceptors (Lipinski definition) is 4. The average Bonchev–Trinajstić information content (AvgIpc) is 3.46. The van der Waals surface area contributed by atoms with Crippen LogP contribution in [0.4, 0.5) is 14.9 Å². The van der Waals surface area contributed by atoms with E-state index in [9.17, 15) is 19.1 Å². The Bertz CT molecular complexity index is 953. The molecule has 0 radical (unpaired) electrons. The second-order valence-corrected chi connectivity index (χ2v) is 8.86. The van der Waals surface area contributed by atoms with Gasteiger partial charge in [-0.15, -0.1) is 0 Å². The van der Waals surface area contributed by atoms with Crippen molar-refractivity contribution in [2.75, 3.05) is 5.32 Å². The van der Waals surface area contributed by atoms with Gasteiger partial charge in [0.05, 0.1) is 22.3 Å². The van der Waals surface area contributed by atoms with Gasteiger partial charge in [0, 0.05) is 17.3 Å². The zero-order valence-electron chi connectivity index (χ0n) is 17.0. The van der Waals surface area contributed by atoms with E-state index in [-0.39, 0.29) is 16.3 Å². The minimum atomic E-state index is -0.927. The molecule has 0 saturated heterocycles. The number of aliphatic carboxylic acids is 1. The van der Waals surface area contributed by atoms with Gasteiger partial charge in [-0.1, -0.05) is 30.5 Å². The number of carboxylic acid groups (broad SMARTS) is 1. The number of nitrogens with zero attached hydrogens (tertiary/aromatic N) is 1. The highest BCUT2D eigenvalue weighted by molar-refractivity contribution is 6.31. The summed E-state index contributed by atoms with van der Waals surface area (Å²) in [6.45, 7) is 5.16. The lowest BCUT2D eigenvalue weighted by molar-refractivity contribution is -0.139. The molecule has 0 spiro atoms. The number of anilines is 1. The van der Waals surface area contributed by atoms with Crippen LogP contribution in [0.25, 0.3) is 11.1 Å². The first-order chi connectivity index (χ1) is 14.0. The second kappa shape index (κ2) is 8.60. The molecular weight excluding hydrogens is 411 g/mol. The predicted octanol–water partition coefficient (Wildman–Crippen LogP) is 5.86. The molecule has 1 saturated carbocycles. The molecule has 2 N–H and O–H groups in total. The van der Waals surface area contributed by atoms with E-state index in [1.807, 2.05) is 0 Å². The number of nitrogens with one attached hydrogen (secondary N) is 1. The van der Waals surface area contributed by atoms with Crippen molar-refractivity contribution in [2.45, 2.75) is 51.6 Å². The van der Waals surface area contributed by atoms with Crippen molar-refractivity contribution >= 4 is 29.4 Å². The number of pyridine rings is 1. The van der Waals surface area contributed by atoms with Crippen LogP contribution in [0.3, 0.4) is 0 Å². The van der Waals surface area contributed by atoms with Crippen LogP contribution in [0.15, 0.2) is 30.5 Å². The molecule has 0 aliphatic heterocycles. The molecule has 2 aromatic rings. The summed E-state index contributed by atoms with van der Waals surface area (Å²) in [5.74, 6) is -1.92. The molecule has 6 nitrogen and oxygen atoms in total. The molecule has 1 heterocycles. The maximum atomic E-state index is 14.9. The molecule has 1 unspecified atom stereocenters. The summed E-state index contributed by atoms with van der Waals surface area (Å²) in [6.07, 6.45) is 3.28. The smallest absolute Gasteiger partial charge is 0.412 e. The largest absolute Gasteiger partial charge is 0.481 e. The Morgan fingerprint density at radius 2 is 2.00 bits per heavy atom. The number of halogens is 2. The molecule has 0 bridgehead atoms. The van der Waals surface area contributed by atoms with Crippen molar-refractivity contribution in [3.63, 3.8) is 0 Å². The Labute approximate surface area is 179 Å². The summed E-state index contributed by atoms with van der Waals surface area (Å²) < 4.78 is 20.1. The molecule has 1 amide bonds. The molecule has 1 atom stereocenters. The molecule has 1 fully saturated rings. The number of carbonyl (C=O) groups is 2. The molecule has 30 heavy (non-hydrogen) atoms. The van der Waals surface area contributed by atoms with Crippen LogP contribution in [0.5, 0.6) is 0 Å². The van der Waals surface area contributed by atoms with Crippen LogP contribution in [0, 0.1) is 11.7 Å². The Morgan fingerprint density at radius 1 is 1.30 bits per heavy atom. The molecule has 1 aromatic carbocycles. The summed E-state index contributed by atoms with van der Waals surface area (Å²) in [5, 5.41) is 12.0. The maximum Gasteiger partial charge on any atom is 0.412 e. The average molecular weight is 435 g/mol. The van der Waals surface area contributed by atoms with E-state index in [1.165, 1.54) is 18.3 Å². The summed E-state index contributed by atoms with van der Waals surface area (Å²) in [5.41, 5.74) is 0.295. The van der Waals surface area contributed by atoms with Gasteiger partial charge in [-0.2, -0.15) is 0 Å². The molecule has 160 valence electrons. The lowest BCUT2D eigenvalue weighted by Crippen LogP contribution is -2.27. The number of amides is 1. The number of carbonyl (C=O) groups excluding carboxylic acids is 1. The van der Waals surface area contributed by atoms with Gasteiger partial charge in [0.2, 0.25) is 0 Å². The Morgan fingerprint density at radius 3 is 2.53 bits per heavy atom. The lowest BCUT2D eigenvalue weighted by Gasteiger charge is -2.21. The van der Waals surface area contributed by atoms with E-state index < -0.39 is 29.4 Å². The van der Waals surface area contributed by atoms with E-state index in [1.54, 1.807) is 32.9 Å². The normalized spacial score (nSPS) is 14.8. The van der Waals surface area contributed by atoms with Gasteiger partial charge < -0.3 is 9.84 Å². The van der Waals surface area contributed by atoms with Crippen molar-refractivity contribution in [1.82, 2.24) is 4.98 Å². The standard InChI is InChI=1S/C22H24ClFN2O4/c1-22(2,3)30-21(29)26-17-9-7-15(23)19(24)18(17)13-6-8-16(25-11-13)14(20(27)28)10-12-4-5-12/h6-9,11-12,14H,4-5,10H2,1-3H3,(H,26,29)(H,27,28). The summed E-state index contributed by atoms with van der Waals surface area (Å²) in [6, 6.07) is 5.98. The summed E-state index contributed by atoms with van der Waals surface area (Å²) in [4.78, 5) is 28.1. The van der Waals surface area contributed by atoms with Gasteiger partial charge >= 0.3 is 12.1 Å². The third-order valence-electron chi connectivity index (χ3n) is 4.73. The SMILES string of the molecule is CC(C)(C)OC(=O)Nc1ccc(Cl)c(F)c1-c1ccc(C(CC2CC2)C(=O)O)nc1. The van der Waals surface area contributed by atoms with Gasteiger partial charge in [-0.3, -0.25) is 15.1 Å². The minimum absolute atomic E-state index is 0.0569. The first-order valence-electron chi connectivity index (χ1n) is 9.72. The Kier molecular flexibility index (Phi) is 6.31. The molecule has 1 aromatic heterocycles. The van der Waals surface area contributed by atoms with Crippen molar-refractivity contribution in [3.8, 4) is 11.1 Å². The van der Waals surface area contributed by atoms with Crippen LogP contribution in [0.2, 0.25) is 5.02 Å². The molecule has 8 heteroatoms. The van der Waals surface area contributed by atoms with Crippen molar-refractivity contribution < 1.29 is 23.8 Å². The zero-order chi connectivity index (χ0) is 22.1. The number of hydrogen-bond donors (Lipinski definition) is 2. The number of benzene rings is 1. The fraction of sp³-hybridized carbons (Fsp3) is 0.409. The highest BCUT2D eigenvalue weighted by Gasteiger charge is 2.31. The van der Waals surface area contributed by atoms with Gasteiger partial charge in [-0.05, 0) is 51.3 Å². The van der Waals surface area contributed by atoms with Crippen LogP contribution in [-0.4, -0.2) is 27.8 Å². The number of rotatable bonds is 6. The van der Waals surface area contributed by atoms with Crippen molar-refractivity contribution in [3.05, 3.63) is 47.0 Å². The fourth-order valence-electron chi connectivity index (χ4n) is 3.14. The van der Waals surface area contributed by atoms with Crippen LogP contribution < -0.4 is 5.32 Å². The van der Waals surface area contributed by atoms with E-state index in [0.717, 1.165) is 12.8 Å². The third kappa shape index (κ3) is 5.48. The highest BCUT2D eigenvalue weighted by Crippen LogP contribution is 2.39. The summed E-state index contributed by atoms with van der Waals surface area (Å²) in [7, 11) is 0. The van der Waals surface area contributed by atoms with Crippen molar-refractivity contribution in [1.29, 1.82) is 0 Å². The van der Waals surface area contributed by atoms with Crippen LogP contribution in [-0.2, 0) is 9.53 Å². The van der Waals surface area contributed by atoms with Crippen LogP contribution in [0.1, 0.15) is 51.6 Å².